The lowest BCUT2D eigenvalue weighted by atomic mass is 10.1. The van der Waals surface area contributed by atoms with Gasteiger partial charge in [-0.05, 0) is 31.2 Å². The van der Waals surface area contributed by atoms with Gasteiger partial charge in [0.2, 0.25) is 11.5 Å². The maximum atomic E-state index is 12.3. The standard InChI is InChI=1S/C14H16BrNO5/c1-3-20-14(18)12(16-21-9-8-19-2)13(17)10-4-6-11(15)7-5-10/h4-7H,3,8-9H2,1-2H3. The smallest absolute Gasteiger partial charge is 0.364 e. The average molecular weight is 358 g/mol. The van der Waals surface area contributed by atoms with Gasteiger partial charge in [0, 0.05) is 17.1 Å². The maximum absolute atomic E-state index is 12.3. The maximum Gasteiger partial charge on any atom is 0.364 e. The molecule has 0 fully saturated rings. The van der Waals surface area contributed by atoms with Crippen LogP contribution in [-0.4, -0.2) is 44.4 Å². The normalized spacial score (nSPS) is 11.1. The van der Waals surface area contributed by atoms with Crippen LogP contribution in [0.5, 0.6) is 0 Å². The summed E-state index contributed by atoms with van der Waals surface area (Å²) in [4.78, 5) is 29.0. The molecule has 0 saturated carbocycles. The first-order chi connectivity index (χ1) is 10.1. The van der Waals surface area contributed by atoms with Crippen molar-refractivity contribution in [1.82, 2.24) is 0 Å². The molecule has 1 aromatic rings. The lowest BCUT2D eigenvalue weighted by Gasteiger charge is -2.06. The van der Waals surface area contributed by atoms with Crippen LogP contribution >= 0.6 is 15.9 Å². The Hall–Kier alpha value is -1.73. The zero-order valence-electron chi connectivity index (χ0n) is 11.8. The number of ether oxygens (including phenoxy) is 2. The van der Waals surface area contributed by atoms with Crippen LogP contribution in [-0.2, 0) is 19.1 Å². The van der Waals surface area contributed by atoms with E-state index in [1.165, 1.54) is 7.11 Å². The second-order valence-electron chi connectivity index (χ2n) is 3.82. The number of rotatable bonds is 8. The number of halogens is 1. The van der Waals surface area contributed by atoms with Crippen LogP contribution in [0.1, 0.15) is 17.3 Å². The third kappa shape index (κ3) is 5.65. The number of hydrogen-bond donors (Lipinski definition) is 0. The van der Waals surface area contributed by atoms with E-state index in [-0.39, 0.29) is 13.2 Å². The summed E-state index contributed by atoms with van der Waals surface area (Å²) in [5.41, 5.74) is -0.0735. The minimum absolute atomic E-state index is 0.132. The fraction of sp³-hybridized carbons (Fsp3) is 0.357. The van der Waals surface area contributed by atoms with Crippen LogP contribution < -0.4 is 0 Å². The molecule has 0 aromatic heterocycles. The largest absolute Gasteiger partial charge is 0.461 e. The molecule has 7 heteroatoms. The summed E-state index contributed by atoms with van der Waals surface area (Å²) < 4.78 is 10.4. The Labute approximate surface area is 131 Å². The van der Waals surface area contributed by atoms with Crippen molar-refractivity contribution in [2.75, 3.05) is 26.9 Å². The number of hydrogen-bond acceptors (Lipinski definition) is 6. The van der Waals surface area contributed by atoms with Crippen molar-refractivity contribution in [3.05, 3.63) is 34.3 Å². The van der Waals surface area contributed by atoms with Gasteiger partial charge in [0.1, 0.15) is 6.61 Å². The Bertz CT molecular complexity index is 513. The summed E-state index contributed by atoms with van der Waals surface area (Å²) in [5, 5.41) is 3.58. The first-order valence-electron chi connectivity index (χ1n) is 6.26. The molecule has 0 aliphatic heterocycles. The molecule has 0 aliphatic rings. The van der Waals surface area contributed by atoms with E-state index in [0.29, 0.717) is 12.2 Å². The average Bonchev–Trinajstić information content (AvgIpc) is 2.47. The second kappa shape index (κ2) is 9.25. The van der Waals surface area contributed by atoms with Crippen LogP contribution in [0.2, 0.25) is 0 Å². The number of carbonyl (C=O) groups excluding carboxylic acids is 2. The Morgan fingerprint density at radius 2 is 1.86 bits per heavy atom. The number of Topliss-reactive ketones (excluding diaryl/α,β-unsaturated/α-hetero) is 1. The summed E-state index contributed by atoms with van der Waals surface area (Å²) in [6.45, 7) is 2.22. The summed E-state index contributed by atoms with van der Waals surface area (Å²) >= 11 is 3.27. The molecule has 0 heterocycles. The lowest BCUT2D eigenvalue weighted by Crippen LogP contribution is -2.27. The number of methoxy groups -OCH3 is 1. The molecule has 1 aromatic carbocycles. The van der Waals surface area contributed by atoms with Crippen molar-refractivity contribution in [1.29, 1.82) is 0 Å². The van der Waals surface area contributed by atoms with Gasteiger partial charge in [0.15, 0.2) is 0 Å². The molecule has 1 rings (SSSR count). The topological polar surface area (TPSA) is 74.2 Å². The first kappa shape index (κ1) is 17.3. The van der Waals surface area contributed by atoms with Gasteiger partial charge >= 0.3 is 5.97 Å². The number of oxime groups is 1. The van der Waals surface area contributed by atoms with Gasteiger partial charge in [-0.2, -0.15) is 0 Å². The Kier molecular flexibility index (Phi) is 7.63. The van der Waals surface area contributed by atoms with Gasteiger partial charge < -0.3 is 14.3 Å². The van der Waals surface area contributed by atoms with E-state index in [4.69, 9.17) is 14.3 Å². The Balaban J connectivity index is 2.91. The monoisotopic (exact) mass is 357 g/mol. The van der Waals surface area contributed by atoms with E-state index in [2.05, 4.69) is 21.1 Å². The molecule has 0 unspecified atom stereocenters. The zero-order valence-corrected chi connectivity index (χ0v) is 13.4. The highest BCUT2D eigenvalue weighted by Gasteiger charge is 2.24. The van der Waals surface area contributed by atoms with Crippen LogP contribution in [0.3, 0.4) is 0 Å². The van der Waals surface area contributed by atoms with E-state index in [0.717, 1.165) is 4.47 Å². The van der Waals surface area contributed by atoms with E-state index in [1.807, 2.05) is 0 Å². The fourth-order valence-corrected chi connectivity index (χ4v) is 1.60. The number of esters is 1. The minimum atomic E-state index is -0.817. The molecule has 0 spiro atoms. The van der Waals surface area contributed by atoms with Crippen molar-refractivity contribution in [3.63, 3.8) is 0 Å². The number of carbonyl (C=O) groups is 2. The Morgan fingerprint density at radius 1 is 1.19 bits per heavy atom. The van der Waals surface area contributed by atoms with Crippen LogP contribution in [0.4, 0.5) is 0 Å². The predicted molar refractivity (Wildman–Crippen MR) is 80.4 cm³/mol. The molecule has 0 saturated heterocycles. The van der Waals surface area contributed by atoms with Crippen molar-refractivity contribution >= 4 is 33.4 Å². The molecule has 0 radical (unpaired) electrons. The fourth-order valence-electron chi connectivity index (χ4n) is 1.34. The van der Waals surface area contributed by atoms with Crippen molar-refractivity contribution in [2.45, 2.75) is 6.92 Å². The lowest BCUT2D eigenvalue weighted by molar-refractivity contribution is -0.135. The van der Waals surface area contributed by atoms with Gasteiger partial charge in [0.05, 0.1) is 13.2 Å². The number of benzene rings is 1. The zero-order chi connectivity index (χ0) is 15.7. The van der Waals surface area contributed by atoms with Gasteiger partial charge in [-0.3, -0.25) is 4.79 Å². The summed E-state index contributed by atoms with van der Waals surface area (Å²) in [6.07, 6.45) is 0. The molecule has 21 heavy (non-hydrogen) atoms. The van der Waals surface area contributed by atoms with Crippen LogP contribution in [0, 0.1) is 0 Å². The molecule has 114 valence electrons. The van der Waals surface area contributed by atoms with Crippen molar-refractivity contribution < 1.29 is 23.9 Å². The van der Waals surface area contributed by atoms with E-state index < -0.39 is 17.5 Å². The molecule has 0 aliphatic carbocycles. The molecular weight excluding hydrogens is 342 g/mol. The molecular formula is C14H16BrNO5. The highest BCUT2D eigenvalue weighted by Crippen LogP contribution is 2.12. The minimum Gasteiger partial charge on any atom is -0.461 e. The molecule has 6 nitrogen and oxygen atoms in total. The second-order valence-corrected chi connectivity index (χ2v) is 4.74. The van der Waals surface area contributed by atoms with Crippen molar-refractivity contribution in [3.8, 4) is 0 Å². The number of nitrogens with zero attached hydrogens (tertiary/aromatic N) is 1. The van der Waals surface area contributed by atoms with E-state index in [1.54, 1.807) is 31.2 Å². The molecule has 0 N–H and O–H groups in total. The van der Waals surface area contributed by atoms with Gasteiger partial charge in [-0.25, -0.2) is 4.79 Å². The third-order valence-corrected chi connectivity index (χ3v) is 2.85. The quantitative estimate of drug-likeness (QED) is 0.178. The SMILES string of the molecule is CCOC(=O)C(=NOCCOC)C(=O)c1ccc(Br)cc1. The number of ketones is 1. The first-order valence-corrected chi connectivity index (χ1v) is 7.05. The highest BCUT2D eigenvalue weighted by atomic mass is 79.9. The molecule has 0 amide bonds. The third-order valence-electron chi connectivity index (χ3n) is 2.32. The Morgan fingerprint density at radius 3 is 2.43 bits per heavy atom. The van der Waals surface area contributed by atoms with Crippen LogP contribution in [0.25, 0.3) is 0 Å². The summed E-state index contributed by atoms with van der Waals surface area (Å²) in [7, 11) is 1.51. The van der Waals surface area contributed by atoms with Gasteiger partial charge in [-0.15, -0.1) is 0 Å². The molecule has 0 atom stereocenters. The molecule has 0 bridgehead atoms. The highest BCUT2D eigenvalue weighted by molar-refractivity contribution is 9.10. The predicted octanol–water partition coefficient (Wildman–Crippen LogP) is 2.21. The summed E-state index contributed by atoms with van der Waals surface area (Å²) in [5.74, 6) is -1.37. The van der Waals surface area contributed by atoms with Crippen molar-refractivity contribution in [2.24, 2.45) is 5.16 Å². The van der Waals surface area contributed by atoms with E-state index in [9.17, 15) is 9.59 Å². The van der Waals surface area contributed by atoms with Crippen LogP contribution in [0.15, 0.2) is 33.9 Å². The van der Waals surface area contributed by atoms with Gasteiger partial charge in [0.25, 0.3) is 0 Å². The van der Waals surface area contributed by atoms with Gasteiger partial charge in [-0.1, -0.05) is 21.1 Å². The van der Waals surface area contributed by atoms with E-state index >= 15 is 0 Å². The summed E-state index contributed by atoms with van der Waals surface area (Å²) in [6, 6.07) is 6.55.